The van der Waals surface area contributed by atoms with Gasteiger partial charge in [-0.05, 0) is 116 Å². The minimum Gasteiger partial charge on any atom is -0.494 e. The molecule has 2 saturated heterocycles. The summed E-state index contributed by atoms with van der Waals surface area (Å²) in [5.41, 5.74) is 8.02. The zero-order valence-electron chi connectivity index (χ0n) is 32.4. The number of hydrogen-bond donors (Lipinski definition) is 0. The highest BCUT2D eigenvalue weighted by Crippen LogP contribution is 2.37. The van der Waals surface area contributed by atoms with E-state index in [2.05, 4.69) is 140 Å². The number of anilines is 3. The molecule has 7 nitrogen and oxygen atoms in total. The van der Waals surface area contributed by atoms with Crippen LogP contribution in [0.4, 0.5) is 17.1 Å². The molecule has 7 heteroatoms. The van der Waals surface area contributed by atoms with E-state index >= 15 is 0 Å². The van der Waals surface area contributed by atoms with Crippen molar-refractivity contribution in [1.82, 2.24) is 0 Å². The van der Waals surface area contributed by atoms with Gasteiger partial charge in [-0.15, -0.1) is 0 Å². The highest BCUT2D eigenvalue weighted by atomic mass is 16.6. The third-order valence-electron chi connectivity index (χ3n) is 10.4. The first-order valence-electron chi connectivity index (χ1n) is 19.8. The van der Waals surface area contributed by atoms with Crippen LogP contribution in [-0.2, 0) is 18.9 Å². The first kappa shape index (κ1) is 38.6. The quantitative estimate of drug-likeness (QED) is 0.0694. The van der Waals surface area contributed by atoms with Gasteiger partial charge in [-0.2, -0.15) is 0 Å². The molecule has 0 amide bonds. The van der Waals surface area contributed by atoms with Gasteiger partial charge >= 0.3 is 0 Å². The predicted octanol–water partition coefficient (Wildman–Crippen LogP) is 11.1. The monoisotopic (exact) mass is 741 g/mol. The number of hydrogen-bond acceptors (Lipinski definition) is 7. The van der Waals surface area contributed by atoms with E-state index < -0.39 is 0 Å². The highest BCUT2D eigenvalue weighted by Gasteiger charge is 2.34. The van der Waals surface area contributed by atoms with Crippen LogP contribution >= 0.6 is 0 Å². The number of nitrogens with zero attached hydrogens (tertiary/aromatic N) is 1. The summed E-state index contributed by atoms with van der Waals surface area (Å²) < 4.78 is 34.7. The van der Waals surface area contributed by atoms with Crippen molar-refractivity contribution < 1.29 is 28.4 Å². The van der Waals surface area contributed by atoms with Gasteiger partial charge in [0.1, 0.15) is 11.5 Å². The summed E-state index contributed by atoms with van der Waals surface area (Å²) in [5.74, 6) is 1.75. The SMILES string of the molecule is CC1(COCCCCOc2ccc(-c3ccc(N(c4ccc(OCCCCOCC5(C)CCO5)cc4)c4ccc(-c5ccccc5)cc4)cc3)cc2)COC1. The Morgan fingerprint density at radius 3 is 1.38 bits per heavy atom. The molecule has 0 bridgehead atoms. The maximum Gasteiger partial charge on any atom is 0.119 e. The molecule has 7 rings (SSSR count). The van der Waals surface area contributed by atoms with Crippen LogP contribution in [0.15, 0.2) is 127 Å². The van der Waals surface area contributed by atoms with Gasteiger partial charge in [-0.25, -0.2) is 0 Å². The molecule has 5 aromatic rings. The van der Waals surface area contributed by atoms with Crippen LogP contribution in [0.2, 0.25) is 0 Å². The second-order valence-corrected chi connectivity index (χ2v) is 15.4. The Morgan fingerprint density at radius 2 is 0.927 bits per heavy atom. The number of ether oxygens (including phenoxy) is 6. The molecular weight excluding hydrogens is 687 g/mol. The van der Waals surface area contributed by atoms with Crippen LogP contribution in [0.1, 0.15) is 46.0 Å². The molecule has 1 unspecified atom stereocenters. The maximum absolute atomic E-state index is 6.11. The Bertz CT molecular complexity index is 1870. The third-order valence-corrected chi connectivity index (χ3v) is 10.4. The van der Waals surface area contributed by atoms with Crippen LogP contribution in [0, 0.1) is 5.41 Å². The molecule has 0 N–H and O–H groups in total. The van der Waals surface area contributed by atoms with E-state index in [-0.39, 0.29) is 11.0 Å². The number of benzene rings is 5. The maximum atomic E-state index is 6.11. The van der Waals surface area contributed by atoms with Gasteiger partial charge in [0.2, 0.25) is 0 Å². The van der Waals surface area contributed by atoms with Gasteiger partial charge in [-0.3, -0.25) is 0 Å². The Labute approximate surface area is 327 Å². The van der Waals surface area contributed by atoms with Gasteiger partial charge in [0, 0.05) is 42.1 Å². The standard InChI is InChI=1S/C48H55NO6/c1-47(35-52-36-47)34-50-29-6-8-31-53-45-24-16-41(17-25-45)40-14-20-43(21-15-40)49(42-18-12-39(13-19-42)38-10-4-3-5-11-38)44-22-26-46(27-23-44)54-32-9-7-30-51-37-48(2)28-33-55-48/h3-5,10-27H,6-9,28-37H2,1-2H3. The normalized spacial score (nSPS) is 17.2. The zero-order valence-corrected chi connectivity index (χ0v) is 32.4. The molecular formula is C48H55NO6. The fourth-order valence-electron chi connectivity index (χ4n) is 6.82. The van der Waals surface area contributed by atoms with Gasteiger partial charge in [0.15, 0.2) is 0 Å². The summed E-state index contributed by atoms with van der Waals surface area (Å²) in [4.78, 5) is 2.29. The van der Waals surface area contributed by atoms with Gasteiger partial charge in [-0.1, -0.05) is 73.7 Å². The first-order chi connectivity index (χ1) is 27.0. The fourth-order valence-corrected chi connectivity index (χ4v) is 6.82. The third kappa shape index (κ3) is 10.8. The Hall–Kier alpha value is -4.66. The molecule has 0 aliphatic carbocycles. The highest BCUT2D eigenvalue weighted by molar-refractivity contribution is 5.80. The molecule has 2 aliphatic rings. The molecule has 5 aromatic carbocycles. The second kappa shape index (κ2) is 18.8. The summed E-state index contributed by atoms with van der Waals surface area (Å²) >= 11 is 0. The van der Waals surface area contributed by atoms with Crippen LogP contribution in [0.25, 0.3) is 22.3 Å². The van der Waals surface area contributed by atoms with Crippen molar-refractivity contribution >= 4 is 17.1 Å². The lowest BCUT2D eigenvalue weighted by molar-refractivity contribution is -0.169. The molecule has 0 aromatic heterocycles. The van der Waals surface area contributed by atoms with Gasteiger partial charge < -0.3 is 33.3 Å². The van der Waals surface area contributed by atoms with E-state index in [4.69, 9.17) is 28.4 Å². The summed E-state index contributed by atoms with van der Waals surface area (Å²) in [7, 11) is 0. The van der Waals surface area contributed by atoms with Crippen LogP contribution < -0.4 is 14.4 Å². The van der Waals surface area contributed by atoms with E-state index in [1.165, 1.54) is 11.1 Å². The topological polar surface area (TPSA) is 58.6 Å². The van der Waals surface area contributed by atoms with Crippen molar-refractivity contribution in [1.29, 1.82) is 0 Å². The molecule has 2 aliphatic heterocycles. The van der Waals surface area contributed by atoms with Gasteiger partial charge in [0.05, 0.1) is 51.8 Å². The molecule has 55 heavy (non-hydrogen) atoms. The average molecular weight is 742 g/mol. The largest absolute Gasteiger partial charge is 0.494 e. The molecule has 0 radical (unpaired) electrons. The van der Waals surface area contributed by atoms with Crippen molar-refractivity contribution in [3.63, 3.8) is 0 Å². The average Bonchev–Trinajstić information content (AvgIpc) is 3.20. The lowest BCUT2D eigenvalue weighted by Gasteiger charge is -2.38. The molecule has 2 fully saturated rings. The summed E-state index contributed by atoms with van der Waals surface area (Å²) in [6, 6.07) is 44.8. The van der Waals surface area contributed by atoms with Crippen LogP contribution in [0.3, 0.4) is 0 Å². The van der Waals surface area contributed by atoms with E-state index in [0.717, 1.165) is 111 Å². The summed E-state index contributed by atoms with van der Waals surface area (Å²) in [6.07, 6.45) is 4.92. The lowest BCUT2D eigenvalue weighted by atomic mass is 9.90. The fraction of sp³-hybridized carbons (Fsp3) is 0.375. The minimum atomic E-state index is -0.0822. The molecule has 288 valence electrons. The first-order valence-corrected chi connectivity index (χ1v) is 19.8. The Morgan fingerprint density at radius 1 is 0.509 bits per heavy atom. The van der Waals surface area contributed by atoms with E-state index in [1.807, 2.05) is 6.07 Å². The van der Waals surface area contributed by atoms with Crippen molar-refractivity contribution in [2.45, 2.75) is 51.6 Å². The van der Waals surface area contributed by atoms with Gasteiger partial charge in [0.25, 0.3) is 0 Å². The van der Waals surface area contributed by atoms with E-state index in [1.54, 1.807) is 0 Å². The van der Waals surface area contributed by atoms with Crippen LogP contribution in [-0.4, -0.2) is 65.1 Å². The second-order valence-electron chi connectivity index (χ2n) is 15.4. The molecule has 1 atom stereocenters. The number of rotatable bonds is 21. The summed E-state index contributed by atoms with van der Waals surface area (Å²) in [6.45, 7) is 11.0. The van der Waals surface area contributed by atoms with Crippen molar-refractivity contribution in [2.24, 2.45) is 5.41 Å². The molecule has 0 spiro atoms. The van der Waals surface area contributed by atoms with E-state index in [9.17, 15) is 0 Å². The predicted molar refractivity (Wildman–Crippen MR) is 221 cm³/mol. The summed E-state index contributed by atoms with van der Waals surface area (Å²) in [5, 5.41) is 0. The zero-order chi connectivity index (χ0) is 37.8. The van der Waals surface area contributed by atoms with Crippen molar-refractivity contribution in [2.75, 3.05) is 64.4 Å². The Kier molecular flexibility index (Phi) is 13.2. The minimum absolute atomic E-state index is 0.0822. The smallest absolute Gasteiger partial charge is 0.119 e. The molecule has 2 heterocycles. The number of unbranched alkanes of at least 4 members (excludes halogenated alkanes) is 2. The molecule has 0 saturated carbocycles. The van der Waals surface area contributed by atoms with Crippen molar-refractivity contribution in [3.05, 3.63) is 127 Å². The van der Waals surface area contributed by atoms with Crippen LogP contribution in [0.5, 0.6) is 11.5 Å². The van der Waals surface area contributed by atoms with E-state index in [0.29, 0.717) is 19.8 Å². The van der Waals surface area contributed by atoms with Crippen molar-refractivity contribution in [3.8, 4) is 33.8 Å². The Balaban J connectivity index is 0.954. The lowest BCUT2D eigenvalue weighted by Crippen LogP contribution is -2.44.